The third kappa shape index (κ3) is 4.86. The second kappa shape index (κ2) is 8.97. The maximum atomic E-state index is 13.9. The van der Waals surface area contributed by atoms with E-state index in [0.717, 1.165) is 4.90 Å². The van der Waals surface area contributed by atoms with Crippen molar-refractivity contribution < 1.29 is 14.0 Å². The van der Waals surface area contributed by atoms with E-state index in [0.29, 0.717) is 42.0 Å². The highest BCUT2D eigenvalue weighted by molar-refractivity contribution is 7.99. The summed E-state index contributed by atoms with van der Waals surface area (Å²) in [5, 5.41) is 0.800. The van der Waals surface area contributed by atoms with Crippen LogP contribution in [0.1, 0.15) is 34.6 Å². The number of benzene rings is 2. The number of rotatable bonds is 4. The molecular weight excluding hydrogens is 399 g/mol. The van der Waals surface area contributed by atoms with Gasteiger partial charge in [-0.1, -0.05) is 25.4 Å². The molecule has 1 heterocycles. The first kappa shape index (κ1) is 20.7. The molecule has 2 amide bonds. The van der Waals surface area contributed by atoms with Gasteiger partial charge in [-0.2, -0.15) is 0 Å². The first-order chi connectivity index (χ1) is 13.3. The number of nitrogens with zero attached hydrogens (tertiary/aromatic N) is 2. The number of carbonyl (C=O) groups is 2. The Labute approximate surface area is 173 Å². The van der Waals surface area contributed by atoms with Crippen molar-refractivity contribution in [3.05, 3.63) is 64.4 Å². The van der Waals surface area contributed by atoms with Gasteiger partial charge in [0.05, 0.1) is 5.56 Å². The smallest absolute Gasteiger partial charge is 0.257 e. The van der Waals surface area contributed by atoms with Gasteiger partial charge in [-0.15, -0.1) is 11.8 Å². The van der Waals surface area contributed by atoms with Crippen LogP contribution < -0.4 is 0 Å². The van der Waals surface area contributed by atoms with Gasteiger partial charge in [0.25, 0.3) is 11.8 Å². The van der Waals surface area contributed by atoms with E-state index in [4.69, 9.17) is 11.6 Å². The summed E-state index contributed by atoms with van der Waals surface area (Å²) < 4.78 is 13.9. The molecule has 2 aromatic rings. The van der Waals surface area contributed by atoms with Crippen molar-refractivity contribution in [1.29, 1.82) is 0 Å². The van der Waals surface area contributed by atoms with Gasteiger partial charge in [0.15, 0.2) is 0 Å². The normalized spacial score (nSPS) is 14.5. The van der Waals surface area contributed by atoms with Gasteiger partial charge < -0.3 is 9.80 Å². The number of halogens is 2. The summed E-state index contributed by atoms with van der Waals surface area (Å²) in [7, 11) is 0. The van der Waals surface area contributed by atoms with E-state index in [1.165, 1.54) is 18.2 Å². The molecule has 0 saturated carbocycles. The van der Waals surface area contributed by atoms with Gasteiger partial charge in [-0.05, 0) is 42.5 Å². The second-order valence-corrected chi connectivity index (χ2v) is 8.99. The first-order valence-electron chi connectivity index (χ1n) is 9.15. The minimum atomic E-state index is -0.590. The highest BCUT2D eigenvalue weighted by atomic mass is 35.5. The van der Waals surface area contributed by atoms with Crippen molar-refractivity contribution >= 4 is 35.2 Å². The standard InChI is InChI=1S/C21H22ClFN2O2S/c1-14(2)28-17-6-3-15(4-7-17)20(26)24-9-11-25(12-10-24)21(27)18-13-16(22)5-8-19(18)23/h3-8,13-14H,9-12H2,1-2H3. The van der Waals surface area contributed by atoms with E-state index in [1.54, 1.807) is 21.6 Å². The molecule has 1 saturated heterocycles. The summed E-state index contributed by atoms with van der Waals surface area (Å²) in [6.45, 7) is 5.79. The third-order valence-corrected chi connectivity index (χ3v) is 5.74. The summed E-state index contributed by atoms with van der Waals surface area (Å²) in [4.78, 5) is 29.7. The molecule has 2 aromatic carbocycles. The Morgan fingerprint density at radius 2 is 1.54 bits per heavy atom. The van der Waals surface area contributed by atoms with Crippen molar-refractivity contribution in [1.82, 2.24) is 9.80 Å². The Balaban J connectivity index is 1.61. The van der Waals surface area contributed by atoms with Crippen LogP contribution in [-0.4, -0.2) is 53.0 Å². The Morgan fingerprint density at radius 1 is 0.964 bits per heavy atom. The fraction of sp³-hybridized carbons (Fsp3) is 0.333. The predicted octanol–water partition coefficient (Wildman–Crippen LogP) is 4.58. The molecule has 148 valence electrons. The SMILES string of the molecule is CC(C)Sc1ccc(C(=O)N2CCN(C(=O)c3cc(Cl)ccc3F)CC2)cc1. The predicted molar refractivity (Wildman–Crippen MR) is 111 cm³/mol. The molecule has 1 aliphatic rings. The quantitative estimate of drug-likeness (QED) is 0.680. The van der Waals surface area contributed by atoms with Crippen molar-refractivity contribution in [2.45, 2.75) is 24.0 Å². The molecule has 0 N–H and O–H groups in total. The zero-order valence-corrected chi connectivity index (χ0v) is 17.4. The van der Waals surface area contributed by atoms with Crippen LogP contribution in [0.15, 0.2) is 47.4 Å². The lowest BCUT2D eigenvalue weighted by Crippen LogP contribution is -2.50. The average Bonchev–Trinajstić information content (AvgIpc) is 2.69. The highest BCUT2D eigenvalue weighted by Crippen LogP contribution is 2.23. The fourth-order valence-electron chi connectivity index (χ4n) is 3.08. The monoisotopic (exact) mass is 420 g/mol. The zero-order valence-electron chi connectivity index (χ0n) is 15.8. The van der Waals surface area contributed by atoms with Gasteiger partial charge in [0.2, 0.25) is 0 Å². The van der Waals surface area contributed by atoms with E-state index in [2.05, 4.69) is 13.8 Å². The highest BCUT2D eigenvalue weighted by Gasteiger charge is 2.27. The van der Waals surface area contributed by atoms with Crippen LogP contribution in [0.4, 0.5) is 4.39 Å². The molecule has 0 atom stereocenters. The van der Waals surface area contributed by atoms with Gasteiger partial charge in [0.1, 0.15) is 5.82 Å². The number of hydrogen-bond donors (Lipinski definition) is 0. The topological polar surface area (TPSA) is 40.6 Å². The van der Waals surface area contributed by atoms with Gasteiger partial charge in [-0.3, -0.25) is 9.59 Å². The average molecular weight is 421 g/mol. The van der Waals surface area contributed by atoms with Crippen LogP contribution in [0.25, 0.3) is 0 Å². The van der Waals surface area contributed by atoms with Crippen molar-refractivity contribution in [2.24, 2.45) is 0 Å². The maximum Gasteiger partial charge on any atom is 0.257 e. The number of amides is 2. The zero-order chi connectivity index (χ0) is 20.3. The number of carbonyl (C=O) groups excluding carboxylic acids is 2. The Hall–Kier alpha value is -2.05. The summed E-state index contributed by atoms with van der Waals surface area (Å²) in [5.41, 5.74) is 0.597. The number of piperazine rings is 1. The number of hydrogen-bond acceptors (Lipinski definition) is 3. The lowest BCUT2D eigenvalue weighted by molar-refractivity contribution is 0.0533. The Morgan fingerprint density at radius 3 is 2.11 bits per heavy atom. The lowest BCUT2D eigenvalue weighted by Gasteiger charge is -2.35. The molecule has 0 aliphatic carbocycles. The largest absolute Gasteiger partial charge is 0.335 e. The van der Waals surface area contributed by atoms with Gasteiger partial charge in [-0.25, -0.2) is 4.39 Å². The molecule has 0 bridgehead atoms. The summed E-state index contributed by atoms with van der Waals surface area (Å²) in [5.74, 6) is -1.04. The van der Waals surface area contributed by atoms with E-state index < -0.39 is 11.7 Å². The molecule has 7 heteroatoms. The van der Waals surface area contributed by atoms with Crippen LogP contribution >= 0.6 is 23.4 Å². The van der Waals surface area contributed by atoms with Gasteiger partial charge in [0, 0.05) is 46.9 Å². The van der Waals surface area contributed by atoms with Crippen LogP contribution in [-0.2, 0) is 0 Å². The molecule has 1 aliphatic heterocycles. The molecule has 28 heavy (non-hydrogen) atoms. The van der Waals surface area contributed by atoms with Crippen molar-refractivity contribution in [3.63, 3.8) is 0 Å². The summed E-state index contributed by atoms with van der Waals surface area (Å²) in [6, 6.07) is 11.5. The van der Waals surface area contributed by atoms with Gasteiger partial charge >= 0.3 is 0 Å². The minimum absolute atomic E-state index is 0.0366. The molecule has 4 nitrogen and oxygen atoms in total. The minimum Gasteiger partial charge on any atom is -0.335 e. The Kier molecular flexibility index (Phi) is 6.62. The van der Waals surface area contributed by atoms with Crippen LogP contribution in [0, 0.1) is 5.82 Å². The second-order valence-electron chi connectivity index (χ2n) is 6.90. The number of thioether (sulfide) groups is 1. The van der Waals surface area contributed by atoms with E-state index in [-0.39, 0.29) is 11.5 Å². The Bertz CT molecular complexity index is 865. The molecule has 0 spiro atoms. The molecule has 1 fully saturated rings. The summed E-state index contributed by atoms with van der Waals surface area (Å²) >= 11 is 7.63. The van der Waals surface area contributed by atoms with E-state index >= 15 is 0 Å². The van der Waals surface area contributed by atoms with Crippen molar-refractivity contribution in [3.8, 4) is 0 Å². The van der Waals surface area contributed by atoms with E-state index in [9.17, 15) is 14.0 Å². The van der Waals surface area contributed by atoms with Crippen LogP contribution in [0.5, 0.6) is 0 Å². The molecule has 0 aromatic heterocycles. The maximum absolute atomic E-state index is 13.9. The van der Waals surface area contributed by atoms with E-state index in [1.807, 2.05) is 24.3 Å². The fourth-order valence-corrected chi connectivity index (χ4v) is 4.08. The van der Waals surface area contributed by atoms with Crippen LogP contribution in [0.3, 0.4) is 0 Å². The lowest BCUT2D eigenvalue weighted by atomic mass is 10.1. The summed E-state index contributed by atoms with van der Waals surface area (Å²) in [6.07, 6.45) is 0. The van der Waals surface area contributed by atoms with Crippen LogP contribution in [0.2, 0.25) is 5.02 Å². The molecule has 3 rings (SSSR count). The van der Waals surface area contributed by atoms with Crippen molar-refractivity contribution in [2.75, 3.05) is 26.2 Å². The first-order valence-corrected chi connectivity index (χ1v) is 10.4. The molecule has 0 radical (unpaired) electrons. The molecule has 0 unspecified atom stereocenters. The third-order valence-electron chi connectivity index (χ3n) is 4.49. The molecular formula is C21H22ClFN2O2S.